The Morgan fingerprint density at radius 2 is 2.00 bits per heavy atom. The molecule has 0 atom stereocenters. The van der Waals surface area contributed by atoms with Gasteiger partial charge in [-0.2, -0.15) is 0 Å². The summed E-state index contributed by atoms with van der Waals surface area (Å²) in [6.45, 7) is 3.37. The van der Waals surface area contributed by atoms with Crippen molar-refractivity contribution in [3.8, 4) is 0 Å². The van der Waals surface area contributed by atoms with E-state index in [4.69, 9.17) is 0 Å². The van der Waals surface area contributed by atoms with Crippen LogP contribution in [0.15, 0.2) is 24.3 Å². The number of piperazine rings is 1. The number of anilines is 1. The molecule has 0 aromatic heterocycles. The fourth-order valence-corrected chi connectivity index (χ4v) is 1.97. The van der Waals surface area contributed by atoms with Gasteiger partial charge in [-0.25, -0.2) is 0 Å². The molecule has 1 aliphatic heterocycles. The lowest BCUT2D eigenvalue weighted by Crippen LogP contribution is -2.46. The van der Waals surface area contributed by atoms with Crippen molar-refractivity contribution < 1.29 is 4.79 Å². The highest BCUT2D eigenvalue weighted by atomic mass is 16.2. The van der Waals surface area contributed by atoms with Gasteiger partial charge in [0, 0.05) is 51.5 Å². The van der Waals surface area contributed by atoms with Gasteiger partial charge in [0.15, 0.2) is 0 Å². The molecule has 0 bridgehead atoms. The Labute approximate surface area is 102 Å². The molecule has 0 unspecified atom stereocenters. The molecule has 1 heterocycles. The molecular formula is C13H19N3O. The summed E-state index contributed by atoms with van der Waals surface area (Å²) < 4.78 is 0. The van der Waals surface area contributed by atoms with Gasteiger partial charge in [0.1, 0.15) is 0 Å². The second kappa shape index (κ2) is 5.19. The third-order valence-electron chi connectivity index (χ3n) is 3.01. The summed E-state index contributed by atoms with van der Waals surface area (Å²) in [6.07, 6.45) is 0. The zero-order valence-corrected chi connectivity index (χ0v) is 10.4. The van der Waals surface area contributed by atoms with Crippen molar-refractivity contribution in [3.05, 3.63) is 29.8 Å². The van der Waals surface area contributed by atoms with Crippen LogP contribution in [0.5, 0.6) is 0 Å². The number of rotatable bonds is 2. The van der Waals surface area contributed by atoms with E-state index >= 15 is 0 Å². The number of hydrogen-bond acceptors (Lipinski definition) is 3. The van der Waals surface area contributed by atoms with E-state index in [1.807, 2.05) is 48.2 Å². The van der Waals surface area contributed by atoms with Gasteiger partial charge in [-0.05, 0) is 18.2 Å². The van der Waals surface area contributed by atoms with Crippen LogP contribution in [0.3, 0.4) is 0 Å². The van der Waals surface area contributed by atoms with Gasteiger partial charge in [0.2, 0.25) is 0 Å². The maximum atomic E-state index is 12.3. The number of carbonyl (C=O) groups is 1. The predicted molar refractivity (Wildman–Crippen MR) is 69.5 cm³/mol. The van der Waals surface area contributed by atoms with Crippen LogP contribution < -0.4 is 10.2 Å². The van der Waals surface area contributed by atoms with Crippen LogP contribution in [0, 0.1) is 0 Å². The molecule has 1 N–H and O–H groups in total. The lowest BCUT2D eigenvalue weighted by molar-refractivity contribution is 0.0736. The number of carbonyl (C=O) groups excluding carboxylic acids is 1. The molecular weight excluding hydrogens is 214 g/mol. The molecule has 0 aliphatic carbocycles. The number of amides is 1. The molecule has 1 saturated heterocycles. The average Bonchev–Trinajstić information content (AvgIpc) is 2.39. The Morgan fingerprint density at radius 1 is 1.29 bits per heavy atom. The minimum Gasteiger partial charge on any atom is -0.378 e. The number of nitrogens with one attached hydrogen (secondary N) is 1. The number of nitrogens with zero attached hydrogens (tertiary/aromatic N) is 2. The molecule has 0 spiro atoms. The summed E-state index contributed by atoms with van der Waals surface area (Å²) in [5.41, 5.74) is 1.84. The Balaban J connectivity index is 2.15. The highest BCUT2D eigenvalue weighted by Crippen LogP contribution is 2.15. The molecule has 1 fully saturated rings. The standard InChI is InChI=1S/C13H19N3O/c1-15(2)12-5-3-4-11(10-12)13(17)16-8-6-14-7-9-16/h3-5,10,14H,6-9H2,1-2H3. The van der Waals surface area contributed by atoms with Gasteiger partial charge in [-0.1, -0.05) is 6.07 Å². The van der Waals surface area contributed by atoms with Crippen LogP contribution in [0.4, 0.5) is 5.69 Å². The first kappa shape index (κ1) is 11.9. The molecule has 0 radical (unpaired) electrons. The maximum Gasteiger partial charge on any atom is 0.254 e. The van der Waals surface area contributed by atoms with Gasteiger partial charge in [0.25, 0.3) is 5.91 Å². The number of hydrogen-bond donors (Lipinski definition) is 1. The SMILES string of the molecule is CN(C)c1cccc(C(=O)N2CCNCC2)c1. The third-order valence-corrected chi connectivity index (χ3v) is 3.01. The van der Waals surface area contributed by atoms with Crippen molar-refractivity contribution in [2.75, 3.05) is 45.2 Å². The van der Waals surface area contributed by atoms with E-state index in [0.717, 1.165) is 37.4 Å². The van der Waals surface area contributed by atoms with Crippen molar-refractivity contribution in [1.29, 1.82) is 0 Å². The molecule has 4 nitrogen and oxygen atoms in total. The normalized spacial score (nSPS) is 15.8. The molecule has 4 heteroatoms. The van der Waals surface area contributed by atoms with Crippen LogP contribution in [-0.2, 0) is 0 Å². The molecule has 1 amide bonds. The topological polar surface area (TPSA) is 35.6 Å². The van der Waals surface area contributed by atoms with E-state index in [-0.39, 0.29) is 5.91 Å². The van der Waals surface area contributed by atoms with Crippen molar-refractivity contribution >= 4 is 11.6 Å². The summed E-state index contributed by atoms with van der Waals surface area (Å²) in [5, 5.41) is 3.25. The smallest absolute Gasteiger partial charge is 0.254 e. The van der Waals surface area contributed by atoms with Crippen molar-refractivity contribution in [3.63, 3.8) is 0 Å². The first-order valence-corrected chi connectivity index (χ1v) is 5.96. The largest absolute Gasteiger partial charge is 0.378 e. The van der Waals surface area contributed by atoms with E-state index in [9.17, 15) is 4.79 Å². The van der Waals surface area contributed by atoms with Gasteiger partial charge in [-0.3, -0.25) is 4.79 Å². The second-order valence-electron chi connectivity index (χ2n) is 4.49. The quantitative estimate of drug-likeness (QED) is 0.820. The van der Waals surface area contributed by atoms with E-state index in [2.05, 4.69) is 5.32 Å². The fraction of sp³-hybridized carbons (Fsp3) is 0.462. The molecule has 17 heavy (non-hydrogen) atoms. The van der Waals surface area contributed by atoms with E-state index in [1.165, 1.54) is 0 Å². The van der Waals surface area contributed by atoms with Gasteiger partial charge in [0.05, 0.1) is 0 Å². The van der Waals surface area contributed by atoms with Gasteiger partial charge in [-0.15, -0.1) is 0 Å². The molecule has 1 aromatic rings. The Kier molecular flexibility index (Phi) is 3.64. The highest BCUT2D eigenvalue weighted by molar-refractivity contribution is 5.95. The highest BCUT2D eigenvalue weighted by Gasteiger charge is 2.17. The zero-order valence-electron chi connectivity index (χ0n) is 10.4. The van der Waals surface area contributed by atoms with Crippen LogP contribution in [0.1, 0.15) is 10.4 Å². The Hall–Kier alpha value is -1.55. The minimum absolute atomic E-state index is 0.134. The first-order chi connectivity index (χ1) is 8.18. The summed E-state index contributed by atoms with van der Waals surface area (Å²) in [5.74, 6) is 0.134. The fourth-order valence-electron chi connectivity index (χ4n) is 1.97. The van der Waals surface area contributed by atoms with Crippen molar-refractivity contribution in [2.45, 2.75) is 0 Å². The second-order valence-corrected chi connectivity index (χ2v) is 4.49. The Bertz CT molecular complexity index is 397. The van der Waals surface area contributed by atoms with E-state index in [0.29, 0.717) is 0 Å². The minimum atomic E-state index is 0.134. The monoisotopic (exact) mass is 233 g/mol. The van der Waals surface area contributed by atoms with Gasteiger partial charge < -0.3 is 15.1 Å². The number of benzene rings is 1. The summed E-state index contributed by atoms with van der Waals surface area (Å²) in [4.78, 5) is 16.2. The maximum absolute atomic E-state index is 12.3. The summed E-state index contributed by atoms with van der Waals surface area (Å²) in [6, 6.07) is 7.78. The van der Waals surface area contributed by atoms with Gasteiger partial charge >= 0.3 is 0 Å². The molecule has 1 aliphatic rings. The van der Waals surface area contributed by atoms with Crippen LogP contribution in [-0.4, -0.2) is 51.1 Å². The summed E-state index contributed by atoms with van der Waals surface area (Å²) >= 11 is 0. The molecule has 0 saturated carbocycles. The first-order valence-electron chi connectivity index (χ1n) is 5.96. The summed E-state index contributed by atoms with van der Waals surface area (Å²) in [7, 11) is 3.96. The van der Waals surface area contributed by atoms with E-state index < -0.39 is 0 Å². The lowest BCUT2D eigenvalue weighted by Gasteiger charge is -2.27. The zero-order chi connectivity index (χ0) is 12.3. The van der Waals surface area contributed by atoms with Crippen LogP contribution >= 0.6 is 0 Å². The predicted octanol–water partition coefficient (Wildman–Crippen LogP) is 0.798. The average molecular weight is 233 g/mol. The van der Waals surface area contributed by atoms with E-state index in [1.54, 1.807) is 0 Å². The lowest BCUT2D eigenvalue weighted by atomic mass is 10.1. The molecule has 1 aromatic carbocycles. The molecule has 92 valence electrons. The van der Waals surface area contributed by atoms with Crippen LogP contribution in [0.2, 0.25) is 0 Å². The third kappa shape index (κ3) is 2.77. The van der Waals surface area contributed by atoms with Crippen molar-refractivity contribution in [1.82, 2.24) is 10.2 Å². The van der Waals surface area contributed by atoms with Crippen LogP contribution in [0.25, 0.3) is 0 Å². The Morgan fingerprint density at radius 3 is 2.65 bits per heavy atom. The molecule has 2 rings (SSSR count). The van der Waals surface area contributed by atoms with Crippen molar-refractivity contribution in [2.24, 2.45) is 0 Å².